The van der Waals surface area contributed by atoms with Crippen LogP contribution in [0.25, 0.3) is 16.7 Å². The zero-order valence-electron chi connectivity index (χ0n) is 9.91. The van der Waals surface area contributed by atoms with Gasteiger partial charge in [0.1, 0.15) is 29.7 Å². The number of nitrogen functional groups attached to an aromatic ring is 1. The molecule has 0 amide bonds. The molecule has 96 valence electrons. The lowest BCUT2D eigenvalue weighted by atomic mass is 10.2. The Labute approximate surface area is 106 Å². The molecule has 0 fully saturated rings. The predicted octanol–water partition coefficient (Wildman–Crippen LogP) is 0.940. The number of hydrogen-bond acceptors (Lipinski definition) is 6. The number of rotatable bonds is 2. The first-order valence-corrected chi connectivity index (χ1v) is 5.35. The van der Waals surface area contributed by atoms with Gasteiger partial charge in [0.15, 0.2) is 5.82 Å². The van der Waals surface area contributed by atoms with Crippen molar-refractivity contribution in [3.63, 3.8) is 0 Å². The third kappa shape index (κ3) is 1.82. The number of benzene rings is 1. The molecule has 2 aromatic heterocycles. The van der Waals surface area contributed by atoms with Crippen molar-refractivity contribution in [3.05, 3.63) is 30.6 Å². The molecular formula is C11H9FN6O. The van der Waals surface area contributed by atoms with Crippen LogP contribution in [-0.4, -0.2) is 31.8 Å². The summed E-state index contributed by atoms with van der Waals surface area (Å²) in [7, 11) is 1.43. The van der Waals surface area contributed by atoms with Crippen LogP contribution in [-0.2, 0) is 0 Å². The van der Waals surface area contributed by atoms with Crippen molar-refractivity contribution in [1.82, 2.24) is 24.7 Å². The number of anilines is 1. The fourth-order valence-electron chi connectivity index (χ4n) is 1.82. The number of nitrogens with two attached hydrogens (primary N) is 1. The summed E-state index contributed by atoms with van der Waals surface area (Å²) in [5, 5.41) is 4.40. The van der Waals surface area contributed by atoms with Gasteiger partial charge < -0.3 is 10.5 Å². The topological polar surface area (TPSA) is 91.7 Å². The Kier molecular flexibility index (Phi) is 2.48. The molecule has 3 aromatic rings. The molecular weight excluding hydrogens is 251 g/mol. The summed E-state index contributed by atoms with van der Waals surface area (Å²) in [6.07, 6.45) is 2.79. The average molecular weight is 260 g/mol. The molecule has 2 N–H and O–H groups in total. The Morgan fingerprint density at radius 1 is 1.32 bits per heavy atom. The zero-order chi connectivity index (χ0) is 13.4. The summed E-state index contributed by atoms with van der Waals surface area (Å²) < 4.78 is 20.1. The maximum absolute atomic E-state index is 13.6. The number of ether oxygens (including phenoxy) is 1. The number of fused-ring (bicyclic) bond motifs is 1. The molecule has 2 heterocycles. The monoisotopic (exact) mass is 260 g/mol. The van der Waals surface area contributed by atoms with Crippen LogP contribution in [0.5, 0.6) is 5.75 Å². The van der Waals surface area contributed by atoms with Crippen LogP contribution < -0.4 is 10.5 Å². The van der Waals surface area contributed by atoms with Crippen molar-refractivity contribution in [1.29, 1.82) is 0 Å². The van der Waals surface area contributed by atoms with Crippen LogP contribution in [0.1, 0.15) is 0 Å². The quantitative estimate of drug-likeness (QED) is 0.737. The van der Waals surface area contributed by atoms with Gasteiger partial charge in [-0.3, -0.25) is 0 Å². The summed E-state index contributed by atoms with van der Waals surface area (Å²) in [4.78, 5) is 12.0. The Balaban J connectivity index is 2.42. The van der Waals surface area contributed by atoms with E-state index in [0.29, 0.717) is 16.7 Å². The summed E-state index contributed by atoms with van der Waals surface area (Å²) in [5.74, 6) is 0.213. The van der Waals surface area contributed by atoms with E-state index in [1.807, 2.05) is 0 Å². The first kappa shape index (κ1) is 11.3. The lowest BCUT2D eigenvalue weighted by molar-refractivity contribution is 0.415. The van der Waals surface area contributed by atoms with Crippen molar-refractivity contribution in [2.24, 2.45) is 0 Å². The third-order valence-electron chi connectivity index (χ3n) is 2.58. The third-order valence-corrected chi connectivity index (χ3v) is 2.58. The van der Waals surface area contributed by atoms with Gasteiger partial charge in [-0.25, -0.2) is 19.0 Å². The molecule has 0 saturated heterocycles. The molecule has 0 saturated carbocycles. The highest BCUT2D eigenvalue weighted by Crippen LogP contribution is 2.29. The molecule has 0 aliphatic carbocycles. The Hall–Kier alpha value is -2.77. The van der Waals surface area contributed by atoms with Gasteiger partial charge in [-0.2, -0.15) is 10.1 Å². The van der Waals surface area contributed by atoms with Crippen LogP contribution in [0.4, 0.5) is 10.3 Å². The minimum absolute atomic E-state index is 0.0444. The number of aromatic nitrogens is 5. The number of halogens is 1. The number of hydrogen-bond donors (Lipinski definition) is 1. The molecule has 0 unspecified atom stereocenters. The summed E-state index contributed by atoms with van der Waals surface area (Å²) >= 11 is 0. The van der Waals surface area contributed by atoms with Gasteiger partial charge in [-0.1, -0.05) is 0 Å². The first-order valence-electron chi connectivity index (χ1n) is 5.35. The molecule has 0 aliphatic heterocycles. The first-order chi connectivity index (χ1) is 9.19. The molecule has 0 bridgehead atoms. The fraction of sp³-hybridized carbons (Fsp3) is 0.0909. The lowest BCUT2D eigenvalue weighted by Crippen LogP contribution is -2.05. The van der Waals surface area contributed by atoms with E-state index in [0.717, 1.165) is 0 Å². The minimum Gasteiger partial charge on any atom is -0.494 e. The highest BCUT2D eigenvalue weighted by molar-refractivity contribution is 5.90. The standard InChI is InChI=1S/C11H9FN6O/c1-19-8-3-6(12)2-7-9(8)16-11(13)17-10(7)18-5-14-4-15-18/h2-5H,1H3,(H2,13,16,17). The van der Waals surface area contributed by atoms with Crippen molar-refractivity contribution in [2.75, 3.05) is 12.8 Å². The van der Waals surface area contributed by atoms with E-state index in [-0.39, 0.29) is 11.7 Å². The molecule has 0 aliphatic rings. The normalized spacial score (nSPS) is 10.8. The molecule has 7 nitrogen and oxygen atoms in total. The van der Waals surface area contributed by atoms with E-state index in [4.69, 9.17) is 10.5 Å². The summed E-state index contributed by atoms with van der Waals surface area (Å²) in [6.45, 7) is 0. The number of nitrogens with zero attached hydrogens (tertiary/aromatic N) is 5. The van der Waals surface area contributed by atoms with Crippen LogP contribution in [0.2, 0.25) is 0 Å². The van der Waals surface area contributed by atoms with Gasteiger partial charge >= 0.3 is 0 Å². The Morgan fingerprint density at radius 2 is 2.16 bits per heavy atom. The second-order valence-electron chi connectivity index (χ2n) is 3.75. The van der Waals surface area contributed by atoms with Gasteiger partial charge in [0.25, 0.3) is 0 Å². The van der Waals surface area contributed by atoms with E-state index < -0.39 is 5.82 Å². The van der Waals surface area contributed by atoms with Crippen LogP contribution in [0.15, 0.2) is 24.8 Å². The zero-order valence-corrected chi connectivity index (χ0v) is 9.91. The molecule has 1 aromatic carbocycles. The predicted molar refractivity (Wildman–Crippen MR) is 65.4 cm³/mol. The molecule has 0 atom stereocenters. The van der Waals surface area contributed by atoms with Gasteiger partial charge in [0, 0.05) is 6.07 Å². The molecule has 0 spiro atoms. The fourth-order valence-corrected chi connectivity index (χ4v) is 1.82. The maximum Gasteiger partial charge on any atom is 0.222 e. The maximum atomic E-state index is 13.6. The van der Waals surface area contributed by atoms with Crippen molar-refractivity contribution in [2.45, 2.75) is 0 Å². The van der Waals surface area contributed by atoms with E-state index in [1.165, 1.54) is 36.6 Å². The van der Waals surface area contributed by atoms with E-state index in [1.54, 1.807) is 0 Å². The van der Waals surface area contributed by atoms with Crippen molar-refractivity contribution < 1.29 is 9.13 Å². The van der Waals surface area contributed by atoms with Gasteiger partial charge in [-0.05, 0) is 6.07 Å². The van der Waals surface area contributed by atoms with E-state index in [2.05, 4.69) is 20.1 Å². The van der Waals surface area contributed by atoms with E-state index in [9.17, 15) is 4.39 Å². The SMILES string of the molecule is COc1cc(F)cc2c(-n3cncn3)nc(N)nc12. The van der Waals surface area contributed by atoms with Gasteiger partial charge in [-0.15, -0.1) is 0 Å². The van der Waals surface area contributed by atoms with E-state index >= 15 is 0 Å². The van der Waals surface area contributed by atoms with Crippen molar-refractivity contribution in [3.8, 4) is 11.6 Å². The highest BCUT2D eigenvalue weighted by Gasteiger charge is 2.14. The lowest BCUT2D eigenvalue weighted by Gasteiger charge is -2.09. The van der Waals surface area contributed by atoms with Gasteiger partial charge in [0.2, 0.25) is 5.95 Å². The van der Waals surface area contributed by atoms with Crippen molar-refractivity contribution >= 4 is 16.9 Å². The minimum atomic E-state index is -0.459. The van der Waals surface area contributed by atoms with Gasteiger partial charge in [0.05, 0.1) is 12.5 Å². The highest BCUT2D eigenvalue weighted by atomic mass is 19.1. The van der Waals surface area contributed by atoms with Crippen LogP contribution >= 0.6 is 0 Å². The summed E-state index contributed by atoms with van der Waals surface area (Å²) in [5.41, 5.74) is 6.08. The average Bonchev–Trinajstić information content (AvgIpc) is 2.91. The Bertz CT molecular complexity index is 743. The molecule has 3 rings (SSSR count). The van der Waals surface area contributed by atoms with Crippen LogP contribution in [0, 0.1) is 5.82 Å². The van der Waals surface area contributed by atoms with Crippen LogP contribution in [0.3, 0.4) is 0 Å². The molecule has 19 heavy (non-hydrogen) atoms. The Morgan fingerprint density at radius 3 is 2.84 bits per heavy atom. The molecule has 8 heteroatoms. The summed E-state index contributed by atoms with van der Waals surface area (Å²) in [6, 6.07) is 2.54. The largest absolute Gasteiger partial charge is 0.494 e. The second-order valence-corrected chi connectivity index (χ2v) is 3.75. The smallest absolute Gasteiger partial charge is 0.222 e. The second kappa shape index (κ2) is 4.16. The number of methoxy groups -OCH3 is 1. The molecule has 0 radical (unpaired) electrons.